The van der Waals surface area contributed by atoms with Gasteiger partial charge in [-0.3, -0.25) is 0 Å². The van der Waals surface area contributed by atoms with E-state index in [4.69, 9.17) is 5.73 Å². The van der Waals surface area contributed by atoms with Gasteiger partial charge in [-0.2, -0.15) is 4.37 Å². The summed E-state index contributed by atoms with van der Waals surface area (Å²) >= 11 is 1.46. The quantitative estimate of drug-likeness (QED) is 0.841. The molecule has 1 aliphatic carbocycles. The molecule has 0 bridgehead atoms. The molecule has 0 spiro atoms. The number of nitrogen functional groups attached to an aromatic ring is 1. The molecule has 1 aromatic carbocycles. The molecule has 1 heterocycles. The third kappa shape index (κ3) is 2.39. The highest BCUT2D eigenvalue weighted by Crippen LogP contribution is 2.33. The van der Waals surface area contributed by atoms with Crippen molar-refractivity contribution in [3.63, 3.8) is 0 Å². The number of benzene rings is 1. The number of hydrogen-bond acceptors (Lipinski definition) is 5. The van der Waals surface area contributed by atoms with Gasteiger partial charge in [-0.25, -0.2) is 4.98 Å². The molecule has 88 valence electrons. The predicted molar refractivity (Wildman–Crippen MR) is 70.0 cm³/mol. The molecular formula is C12H14N4S. The van der Waals surface area contributed by atoms with Crippen LogP contribution in [0.5, 0.6) is 0 Å². The summed E-state index contributed by atoms with van der Waals surface area (Å²) in [5.41, 5.74) is 7.84. The number of nitrogens with zero attached hydrogens (tertiary/aromatic N) is 3. The molecule has 1 saturated carbocycles. The average Bonchev–Trinajstić information content (AvgIpc) is 3.01. The highest BCUT2D eigenvalue weighted by atomic mass is 32.1. The van der Waals surface area contributed by atoms with Gasteiger partial charge in [0.25, 0.3) is 0 Å². The van der Waals surface area contributed by atoms with Crippen molar-refractivity contribution in [2.24, 2.45) is 0 Å². The first-order chi connectivity index (χ1) is 8.33. The van der Waals surface area contributed by atoms with Crippen LogP contribution in [0.1, 0.15) is 18.4 Å². The van der Waals surface area contributed by atoms with Gasteiger partial charge in [0.15, 0.2) is 0 Å². The van der Waals surface area contributed by atoms with E-state index in [0.29, 0.717) is 6.04 Å². The van der Waals surface area contributed by atoms with E-state index < -0.39 is 0 Å². The van der Waals surface area contributed by atoms with Gasteiger partial charge in [-0.15, -0.1) is 0 Å². The van der Waals surface area contributed by atoms with Gasteiger partial charge in [0.05, 0.1) is 0 Å². The Labute approximate surface area is 104 Å². The lowest BCUT2D eigenvalue weighted by molar-refractivity contribution is 0.790. The highest BCUT2D eigenvalue weighted by molar-refractivity contribution is 7.09. The van der Waals surface area contributed by atoms with Gasteiger partial charge >= 0.3 is 0 Å². The van der Waals surface area contributed by atoms with E-state index >= 15 is 0 Å². The van der Waals surface area contributed by atoms with Crippen LogP contribution in [0.15, 0.2) is 30.6 Å². The minimum Gasteiger partial charge on any atom is -0.399 e. The van der Waals surface area contributed by atoms with Crippen LogP contribution >= 0.6 is 11.5 Å². The largest absolute Gasteiger partial charge is 0.399 e. The van der Waals surface area contributed by atoms with Gasteiger partial charge in [0.1, 0.15) is 6.33 Å². The average molecular weight is 246 g/mol. The molecule has 0 unspecified atom stereocenters. The highest BCUT2D eigenvalue weighted by Gasteiger charge is 2.30. The first kappa shape index (κ1) is 10.5. The van der Waals surface area contributed by atoms with E-state index in [1.165, 1.54) is 29.9 Å². The molecule has 17 heavy (non-hydrogen) atoms. The fourth-order valence-electron chi connectivity index (χ4n) is 1.92. The summed E-state index contributed by atoms with van der Waals surface area (Å²) in [6, 6.07) is 8.67. The van der Waals surface area contributed by atoms with Crippen LogP contribution in [-0.2, 0) is 6.54 Å². The van der Waals surface area contributed by atoms with Crippen LogP contribution in [0, 0.1) is 0 Å². The van der Waals surface area contributed by atoms with Gasteiger partial charge < -0.3 is 10.6 Å². The van der Waals surface area contributed by atoms with E-state index in [1.54, 1.807) is 6.33 Å². The number of nitrogens with two attached hydrogens (primary N) is 1. The SMILES string of the molecule is Nc1cccc(CN(c2ncns2)C2CC2)c1. The molecule has 1 aliphatic rings. The molecule has 0 atom stereocenters. The van der Waals surface area contributed by atoms with E-state index in [2.05, 4.69) is 20.3 Å². The molecule has 0 radical (unpaired) electrons. The third-order valence-electron chi connectivity index (χ3n) is 2.89. The van der Waals surface area contributed by atoms with Crippen LogP contribution < -0.4 is 10.6 Å². The predicted octanol–water partition coefficient (Wildman–Crippen LogP) is 2.29. The van der Waals surface area contributed by atoms with E-state index in [0.717, 1.165) is 17.4 Å². The molecule has 2 aromatic rings. The number of hydrogen-bond donors (Lipinski definition) is 1. The Bertz CT molecular complexity index is 493. The van der Waals surface area contributed by atoms with Crippen molar-refractivity contribution in [3.8, 4) is 0 Å². The minimum absolute atomic E-state index is 0.629. The molecule has 4 nitrogen and oxygen atoms in total. The minimum atomic E-state index is 0.629. The lowest BCUT2D eigenvalue weighted by atomic mass is 10.2. The second kappa shape index (κ2) is 4.33. The van der Waals surface area contributed by atoms with Gasteiger partial charge in [-0.05, 0) is 30.5 Å². The molecular weight excluding hydrogens is 232 g/mol. The third-order valence-corrected chi connectivity index (χ3v) is 3.59. The Morgan fingerprint density at radius 1 is 1.41 bits per heavy atom. The second-order valence-corrected chi connectivity index (χ2v) is 5.09. The zero-order valence-electron chi connectivity index (χ0n) is 9.41. The van der Waals surface area contributed by atoms with Crippen molar-refractivity contribution >= 4 is 22.4 Å². The zero-order chi connectivity index (χ0) is 11.7. The van der Waals surface area contributed by atoms with Gasteiger partial charge in [-0.1, -0.05) is 12.1 Å². The number of anilines is 2. The number of rotatable bonds is 4. The van der Waals surface area contributed by atoms with Crippen LogP contribution in [-0.4, -0.2) is 15.4 Å². The Kier molecular flexibility index (Phi) is 2.68. The van der Waals surface area contributed by atoms with Crippen molar-refractivity contribution in [1.82, 2.24) is 9.36 Å². The van der Waals surface area contributed by atoms with Crippen LogP contribution in [0.3, 0.4) is 0 Å². The van der Waals surface area contributed by atoms with Crippen LogP contribution in [0.2, 0.25) is 0 Å². The van der Waals surface area contributed by atoms with Crippen molar-refractivity contribution in [3.05, 3.63) is 36.2 Å². The van der Waals surface area contributed by atoms with Gasteiger partial charge in [0, 0.05) is 29.8 Å². The Balaban J connectivity index is 1.81. The van der Waals surface area contributed by atoms with E-state index in [1.807, 2.05) is 18.2 Å². The van der Waals surface area contributed by atoms with Crippen molar-refractivity contribution < 1.29 is 0 Å². The lowest BCUT2D eigenvalue weighted by Crippen LogP contribution is -2.24. The van der Waals surface area contributed by atoms with E-state index in [9.17, 15) is 0 Å². The maximum Gasteiger partial charge on any atom is 0.205 e. The topological polar surface area (TPSA) is 55.0 Å². The summed E-state index contributed by atoms with van der Waals surface area (Å²) in [7, 11) is 0. The molecule has 3 rings (SSSR count). The molecule has 0 saturated heterocycles. The number of aromatic nitrogens is 2. The maximum atomic E-state index is 5.80. The van der Waals surface area contributed by atoms with Crippen LogP contribution in [0.4, 0.5) is 10.8 Å². The normalized spacial score (nSPS) is 14.8. The maximum absolute atomic E-state index is 5.80. The summed E-state index contributed by atoms with van der Waals surface area (Å²) in [4.78, 5) is 6.62. The summed E-state index contributed by atoms with van der Waals surface area (Å²) in [6.45, 7) is 0.866. The Morgan fingerprint density at radius 2 is 2.29 bits per heavy atom. The summed E-state index contributed by atoms with van der Waals surface area (Å²) in [5, 5.41) is 1.01. The lowest BCUT2D eigenvalue weighted by Gasteiger charge is -2.21. The molecule has 2 N–H and O–H groups in total. The standard InChI is InChI=1S/C12H14N4S/c13-10-3-1-2-9(6-10)7-16(11-4-5-11)12-14-8-15-17-12/h1-3,6,8,11H,4-5,7,13H2. The van der Waals surface area contributed by atoms with Gasteiger partial charge in [0.2, 0.25) is 5.13 Å². The summed E-state index contributed by atoms with van der Waals surface area (Å²) < 4.78 is 4.08. The Morgan fingerprint density at radius 3 is 2.94 bits per heavy atom. The fourth-order valence-corrected chi connectivity index (χ4v) is 2.52. The fraction of sp³-hybridized carbons (Fsp3) is 0.333. The summed E-state index contributed by atoms with van der Waals surface area (Å²) in [5.74, 6) is 0. The first-order valence-corrected chi connectivity index (χ1v) is 6.48. The van der Waals surface area contributed by atoms with E-state index in [-0.39, 0.29) is 0 Å². The summed E-state index contributed by atoms with van der Waals surface area (Å²) in [6.07, 6.45) is 4.12. The molecule has 0 amide bonds. The molecule has 1 fully saturated rings. The molecule has 1 aromatic heterocycles. The van der Waals surface area contributed by atoms with Crippen molar-refractivity contribution in [2.45, 2.75) is 25.4 Å². The van der Waals surface area contributed by atoms with Crippen molar-refractivity contribution in [1.29, 1.82) is 0 Å². The molecule has 0 aliphatic heterocycles. The Hall–Kier alpha value is -1.62. The van der Waals surface area contributed by atoms with Crippen LogP contribution in [0.25, 0.3) is 0 Å². The molecule has 5 heteroatoms. The van der Waals surface area contributed by atoms with Crippen molar-refractivity contribution in [2.75, 3.05) is 10.6 Å². The first-order valence-electron chi connectivity index (χ1n) is 5.70. The monoisotopic (exact) mass is 246 g/mol. The zero-order valence-corrected chi connectivity index (χ0v) is 10.2. The second-order valence-electron chi connectivity index (χ2n) is 4.33. The smallest absolute Gasteiger partial charge is 0.205 e.